The van der Waals surface area contributed by atoms with Crippen molar-refractivity contribution in [1.82, 2.24) is 9.78 Å². The van der Waals surface area contributed by atoms with Crippen LogP contribution < -0.4 is 29.6 Å². The predicted octanol–water partition coefficient (Wildman–Crippen LogP) is -3.17. The Labute approximate surface area is 110 Å². The van der Waals surface area contributed by atoms with Crippen molar-refractivity contribution in [3.63, 3.8) is 0 Å². The van der Waals surface area contributed by atoms with Crippen molar-refractivity contribution in [2.24, 2.45) is 0 Å². The van der Waals surface area contributed by atoms with Gasteiger partial charge in [0.2, 0.25) is 0 Å². The molecule has 0 bridgehead atoms. The number of aryl methyl sites for hydroxylation is 1. The van der Waals surface area contributed by atoms with Gasteiger partial charge in [0.15, 0.2) is 5.44 Å². The topological polar surface area (TPSA) is 95.2 Å². The Morgan fingerprint density at radius 2 is 2.27 bits per heavy atom. The maximum atomic E-state index is 10.5. The molecule has 0 radical (unpaired) electrons. The van der Waals surface area contributed by atoms with Gasteiger partial charge in [0.05, 0.1) is 6.20 Å². The van der Waals surface area contributed by atoms with Crippen LogP contribution in [0.15, 0.2) is 12.4 Å². The van der Waals surface area contributed by atoms with Crippen molar-refractivity contribution >= 4 is 10.1 Å². The van der Waals surface area contributed by atoms with Crippen LogP contribution in [0.2, 0.25) is 0 Å². The molecule has 0 aliphatic rings. The molecule has 1 atom stereocenters. The minimum atomic E-state index is -4.71. The summed E-state index contributed by atoms with van der Waals surface area (Å²) in [6, 6.07) is 0. The summed E-state index contributed by atoms with van der Waals surface area (Å²) in [6.45, 7) is 2.55. The predicted molar refractivity (Wildman–Crippen MR) is 47.2 cm³/mol. The summed E-state index contributed by atoms with van der Waals surface area (Å²) >= 11 is 0. The number of nitrogens with zero attached hydrogens (tertiary/aromatic N) is 2. The van der Waals surface area contributed by atoms with Crippen LogP contribution in [0.3, 0.4) is 0 Å². The maximum absolute atomic E-state index is 10.5. The van der Waals surface area contributed by atoms with E-state index >= 15 is 0 Å². The van der Waals surface area contributed by atoms with Crippen molar-refractivity contribution in [2.45, 2.75) is 25.3 Å². The molecule has 0 saturated heterocycles. The van der Waals surface area contributed by atoms with Crippen molar-refractivity contribution in [1.29, 1.82) is 0 Å². The second kappa shape index (κ2) is 5.97. The monoisotopic (exact) mass is 242 g/mol. The summed E-state index contributed by atoms with van der Waals surface area (Å²) in [7, 11) is -4.71. The molecule has 0 aliphatic heterocycles. The van der Waals surface area contributed by atoms with Gasteiger partial charge in [-0.1, -0.05) is 6.92 Å². The fraction of sp³-hybridized carbons (Fsp3) is 0.571. The third-order valence-corrected chi connectivity index (χ3v) is 2.48. The van der Waals surface area contributed by atoms with Crippen molar-refractivity contribution in [2.75, 3.05) is 0 Å². The maximum Gasteiger partial charge on any atom is 1.00 e. The molecule has 6 nitrogen and oxygen atoms in total. The summed E-state index contributed by atoms with van der Waals surface area (Å²) in [5, 5.41) is 12.9. The van der Waals surface area contributed by atoms with Crippen LogP contribution in [0.25, 0.3) is 0 Å². The summed E-state index contributed by atoms with van der Waals surface area (Å²) in [4.78, 5) is 0. The zero-order valence-corrected chi connectivity index (χ0v) is 11.4. The van der Waals surface area contributed by atoms with E-state index in [1.165, 1.54) is 17.1 Å². The van der Waals surface area contributed by atoms with Crippen LogP contribution in [0.1, 0.15) is 24.3 Å². The van der Waals surface area contributed by atoms with Gasteiger partial charge in [-0.15, -0.1) is 0 Å². The van der Waals surface area contributed by atoms with E-state index in [-0.39, 0.29) is 35.1 Å². The van der Waals surface area contributed by atoms with Gasteiger partial charge in [-0.3, -0.25) is 4.68 Å². The van der Waals surface area contributed by atoms with E-state index in [9.17, 15) is 13.0 Å². The van der Waals surface area contributed by atoms with Crippen LogP contribution in [0, 0.1) is 0 Å². The van der Waals surface area contributed by atoms with E-state index in [4.69, 9.17) is 5.11 Å². The average molecular weight is 242 g/mol. The third kappa shape index (κ3) is 4.21. The molecule has 1 N–H and O–H groups in total. The largest absolute Gasteiger partial charge is 1.00 e. The minimum absolute atomic E-state index is 0. The molecule has 0 saturated carbocycles. The zero-order chi connectivity index (χ0) is 10.8. The first kappa shape index (κ1) is 15.1. The Kier molecular flexibility index (Phi) is 6.01. The Balaban J connectivity index is 0.00000196. The smallest absolute Gasteiger partial charge is 0.746 e. The molecule has 0 spiro atoms. The van der Waals surface area contributed by atoms with Gasteiger partial charge in [-0.25, -0.2) is 8.42 Å². The van der Waals surface area contributed by atoms with E-state index in [0.717, 1.165) is 6.42 Å². The van der Waals surface area contributed by atoms with Crippen molar-refractivity contribution in [3.8, 4) is 0 Å². The fourth-order valence-corrected chi connectivity index (χ4v) is 1.48. The molecule has 1 aromatic heterocycles. The Morgan fingerprint density at radius 3 is 2.73 bits per heavy atom. The number of hydrogen-bond donors (Lipinski definition) is 1. The molecule has 1 unspecified atom stereocenters. The molecule has 80 valence electrons. The Hall–Kier alpha value is 0.0800. The number of hydrogen-bond acceptors (Lipinski definition) is 5. The first-order chi connectivity index (χ1) is 6.45. The molecule has 0 aromatic carbocycles. The molecular weight excluding hydrogens is 231 g/mol. The molecule has 0 amide bonds. The van der Waals surface area contributed by atoms with Gasteiger partial charge in [-0.2, -0.15) is 5.10 Å². The molecule has 1 rings (SSSR count). The first-order valence-electron chi connectivity index (χ1n) is 4.10. The molecule has 0 fully saturated rings. The van der Waals surface area contributed by atoms with Crippen molar-refractivity contribution in [3.05, 3.63) is 18.0 Å². The number of aliphatic hydroxyl groups excluding tert-OH is 1. The summed E-state index contributed by atoms with van der Waals surface area (Å²) in [5.74, 6) is 0. The third-order valence-electron chi connectivity index (χ3n) is 1.66. The first-order valence-corrected chi connectivity index (χ1v) is 5.57. The van der Waals surface area contributed by atoms with Crippen molar-refractivity contribution < 1.29 is 47.6 Å². The summed E-state index contributed by atoms with van der Waals surface area (Å²) in [5.41, 5.74) is -2.01. The van der Waals surface area contributed by atoms with Crippen LogP contribution in [-0.2, 0) is 16.7 Å². The second-order valence-corrected chi connectivity index (χ2v) is 4.31. The quantitative estimate of drug-likeness (QED) is 0.444. The van der Waals surface area contributed by atoms with Gasteiger partial charge in [0.1, 0.15) is 10.1 Å². The van der Waals surface area contributed by atoms with Crippen LogP contribution >= 0.6 is 0 Å². The Bertz CT molecular complexity index is 403. The molecule has 1 aromatic rings. The van der Waals surface area contributed by atoms with E-state index in [2.05, 4.69) is 5.10 Å². The molecule has 1 heterocycles. The van der Waals surface area contributed by atoms with Gasteiger partial charge in [-0.05, 0) is 6.42 Å². The Morgan fingerprint density at radius 1 is 1.67 bits per heavy atom. The standard InChI is InChI=1S/C7H12N2O4S.Na/c1-2-3-9-5-6(4-8-9)7(10)14(11,12)13;/h4-5,7,10H,2-3H2,1H3,(H,11,12,13);/q;+1/p-1. The average Bonchev–Trinajstić information content (AvgIpc) is 2.50. The molecule has 8 heteroatoms. The number of rotatable bonds is 4. The van der Waals surface area contributed by atoms with Crippen LogP contribution in [0.4, 0.5) is 0 Å². The summed E-state index contributed by atoms with van der Waals surface area (Å²) in [6.07, 6.45) is 3.36. The SMILES string of the molecule is CCCn1cc(C(O)S(=O)(=O)[O-])cn1.[Na+]. The summed E-state index contributed by atoms with van der Waals surface area (Å²) < 4.78 is 32.8. The van der Waals surface area contributed by atoms with E-state index in [1.54, 1.807) is 0 Å². The van der Waals surface area contributed by atoms with Crippen LogP contribution in [-0.4, -0.2) is 27.9 Å². The van der Waals surface area contributed by atoms with E-state index in [0.29, 0.717) is 6.54 Å². The van der Waals surface area contributed by atoms with E-state index in [1.807, 2.05) is 6.92 Å². The van der Waals surface area contributed by atoms with Gasteiger partial charge in [0.25, 0.3) is 0 Å². The normalized spacial score (nSPS) is 13.3. The van der Waals surface area contributed by atoms with Gasteiger partial charge < -0.3 is 9.66 Å². The molecule has 15 heavy (non-hydrogen) atoms. The minimum Gasteiger partial charge on any atom is -0.746 e. The van der Waals surface area contributed by atoms with Crippen LogP contribution in [0.5, 0.6) is 0 Å². The second-order valence-electron chi connectivity index (χ2n) is 2.88. The van der Waals surface area contributed by atoms with E-state index < -0.39 is 15.6 Å². The van der Waals surface area contributed by atoms with Gasteiger partial charge in [0, 0.05) is 18.3 Å². The molecule has 0 aliphatic carbocycles. The number of aromatic nitrogens is 2. The van der Waals surface area contributed by atoms with Gasteiger partial charge >= 0.3 is 29.6 Å². The number of aliphatic hydroxyl groups is 1. The fourth-order valence-electron chi connectivity index (χ4n) is 1.03. The zero-order valence-electron chi connectivity index (χ0n) is 8.62. The molecular formula is C7H11N2NaO4S.